The zero-order valence-electron chi connectivity index (χ0n) is 16.8. The molecule has 0 saturated carbocycles. The second-order valence-electron chi connectivity index (χ2n) is 8.13. The van der Waals surface area contributed by atoms with Gasteiger partial charge in [-0.3, -0.25) is 9.69 Å². The average Bonchev–Trinajstić information content (AvgIpc) is 2.72. The molecule has 1 N–H and O–H groups in total. The van der Waals surface area contributed by atoms with Crippen LogP contribution in [-0.4, -0.2) is 110 Å². The van der Waals surface area contributed by atoms with Crippen LogP contribution in [0, 0.1) is 0 Å². The van der Waals surface area contributed by atoms with Gasteiger partial charge in [0, 0.05) is 64.8 Å². The molecule has 0 unspecified atom stereocenters. The predicted octanol–water partition coefficient (Wildman–Crippen LogP) is 0.690. The highest BCUT2D eigenvalue weighted by Gasteiger charge is 2.28. The van der Waals surface area contributed by atoms with E-state index in [0.29, 0.717) is 5.91 Å². The van der Waals surface area contributed by atoms with Gasteiger partial charge in [0.1, 0.15) is 0 Å². The molecule has 0 atom stereocenters. The van der Waals surface area contributed by atoms with Gasteiger partial charge in [0.05, 0.1) is 0 Å². The van der Waals surface area contributed by atoms with Gasteiger partial charge in [0.25, 0.3) is 0 Å². The summed E-state index contributed by atoms with van der Waals surface area (Å²) in [7, 11) is 0. The molecular formula is C20H39N5O. The first-order valence-electron chi connectivity index (χ1n) is 10.9. The number of amides is 1. The summed E-state index contributed by atoms with van der Waals surface area (Å²) in [6.45, 7) is 15.6. The van der Waals surface area contributed by atoms with Crippen LogP contribution in [0.4, 0.5) is 0 Å². The quantitative estimate of drug-likeness (QED) is 0.673. The molecule has 3 aliphatic rings. The lowest BCUT2D eigenvalue weighted by Crippen LogP contribution is -2.54. The number of piperidine rings is 1. The standard InChI is InChI=1S/C20H39N5O/c1-2-22-11-6-19(7-12-22)24-15-17-25(18-16-24)20(26)5-3-4-10-23-13-8-21-9-14-23/h19,21H,2-18H2,1H3. The summed E-state index contributed by atoms with van der Waals surface area (Å²) in [5, 5.41) is 3.39. The summed E-state index contributed by atoms with van der Waals surface area (Å²) in [6.07, 6.45) is 5.53. The van der Waals surface area contributed by atoms with Crippen molar-refractivity contribution in [3.63, 3.8) is 0 Å². The number of carbonyl (C=O) groups is 1. The van der Waals surface area contributed by atoms with Crippen molar-refractivity contribution in [2.75, 3.05) is 78.5 Å². The van der Waals surface area contributed by atoms with Crippen molar-refractivity contribution in [1.29, 1.82) is 0 Å². The van der Waals surface area contributed by atoms with Gasteiger partial charge in [0.2, 0.25) is 5.91 Å². The number of likely N-dealkylation sites (tertiary alicyclic amines) is 1. The topological polar surface area (TPSA) is 42.1 Å². The molecule has 0 aromatic carbocycles. The second-order valence-corrected chi connectivity index (χ2v) is 8.13. The first-order valence-corrected chi connectivity index (χ1v) is 10.9. The summed E-state index contributed by atoms with van der Waals surface area (Å²) in [5.41, 5.74) is 0. The van der Waals surface area contributed by atoms with Crippen molar-refractivity contribution in [3.8, 4) is 0 Å². The van der Waals surface area contributed by atoms with Crippen LogP contribution >= 0.6 is 0 Å². The van der Waals surface area contributed by atoms with E-state index in [1.54, 1.807) is 0 Å². The lowest BCUT2D eigenvalue weighted by Gasteiger charge is -2.42. The van der Waals surface area contributed by atoms with E-state index in [0.717, 1.165) is 84.2 Å². The number of rotatable bonds is 7. The zero-order valence-corrected chi connectivity index (χ0v) is 16.8. The Balaban J connectivity index is 1.27. The number of nitrogens with zero attached hydrogens (tertiary/aromatic N) is 4. The van der Waals surface area contributed by atoms with Gasteiger partial charge >= 0.3 is 0 Å². The molecule has 150 valence electrons. The highest BCUT2D eigenvalue weighted by atomic mass is 16.2. The molecule has 0 aliphatic carbocycles. The van der Waals surface area contributed by atoms with Crippen LogP contribution in [0.3, 0.4) is 0 Å². The molecule has 3 fully saturated rings. The van der Waals surface area contributed by atoms with Crippen molar-refractivity contribution in [1.82, 2.24) is 24.9 Å². The van der Waals surface area contributed by atoms with Crippen LogP contribution in [0.15, 0.2) is 0 Å². The maximum absolute atomic E-state index is 12.5. The van der Waals surface area contributed by atoms with Crippen LogP contribution in [-0.2, 0) is 4.79 Å². The summed E-state index contributed by atoms with van der Waals surface area (Å²) in [5.74, 6) is 0.380. The second kappa shape index (κ2) is 10.6. The third kappa shape index (κ3) is 5.91. The van der Waals surface area contributed by atoms with E-state index in [4.69, 9.17) is 0 Å². The Hall–Kier alpha value is -0.690. The molecule has 0 aromatic rings. The van der Waals surface area contributed by atoms with Crippen molar-refractivity contribution in [2.45, 2.75) is 45.1 Å². The van der Waals surface area contributed by atoms with E-state index in [2.05, 4.69) is 31.8 Å². The Morgan fingerprint density at radius 2 is 1.58 bits per heavy atom. The Morgan fingerprint density at radius 1 is 0.885 bits per heavy atom. The van der Waals surface area contributed by atoms with E-state index in [9.17, 15) is 4.79 Å². The fourth-order valence-electron chi connectivity index (χ4n) is 4.64. The smallest absolute Gasteiger partial charge is 0.222 e. The van der Waals surface area contributed by atoms with Crippen LogP contribution in [0.1, 0.15) is 39.0 Å². The van der Waals surface area contributed by atoms with Gasteiger partial charge in [-0.15, -0.1) is 0 Å². The first kappa shape index (κ1) is 20.1. The average molecular weight is 366 g/mol. The van der Waals surface area contributed by atoms with Gasteiger partial charge in [-0.05, 0) is 51.9 Å². The lowest BCUT2D eigenvalue weighted by atomic mass is 10.0. The van der Waals surface area contributed by atoms with E-state index in [-0.39, 0.29) is 0 Å². The Morgan fingerprint density at radius 3 is 2.23 bits per heavy atom. The molecule has 3 aliphatic heterocycles. The Labute approximate surface area is 159 Å². The molecule has 3 saturated heterocycles. The zero-order chi connectivity index (χ0) is 18.2. The highest BCUT2D eigenvalue weighted by molar-refractivity contribution is 5.76. The molecule has 0 bridgehead atoms. The van der Waals surface area contributed by atoms with Crippen molar-refractivity contribution in [3.05, 3.63) is 0 Å². The minimum absolute atomic E-state index is 0.380. The van der Waals surface area contributed by atoms with E-state index in [1.165, 1.54) is 32.5 Å². The number of nitrogens with one attached hydrogen (secondary N) is 1. The monoisotopic (exact) mass is 365 g/mol. The van der Waals surface area contributed by atoms with Crippen molar-refractivity contribution < 1.29 is 4.79 Å². The third-order valence-corrected chi connectivity index (χ3v) is 6.51. The SMILES string of the molecule is CCN1CCC(N2CCN(C(=O)CCCCN3CCNCC3)CC2)CC1. The van der Waals surface area contributed by atoms with Crippen LogP contribution < -0.4 is 5.32 Å². The number of hydrogen-bond donors (Lipinski definition) is 1. The maximum Gasteiger partial charge on any atom is 0.222 e. The molecule has 3 heterocycles. The molecule has 0 radical (unpaired) electrons. The number of unbranched alkanes of at least 4 members (excludes halogenated alkanes) is 1. The van der Waals surface area contributed by atoms with E-state index in [1.807, 2.05) is 0 Å². The Bertz CT molecular complexity index is 410. The van der Waals surface area contributed by atoms with Crippen molar-refractivity contribution in [2.24, 2.45) is 0 Å². The summed E-state index contributed by atoms with van der Waals surface area (Å²) >= 11 is 0. The molecule has 6 nitrogen and oxygen atoms in total. The largest absolute Gasteiger partial charge is 0.340 e. The minimum Gasteiger partial charge on any atom is -0.340 e. The summed E-state index contributed by atoms with van der Waals surface area (Å²) in [6, 6.07) is 0.745. The predicted molar refractivity (Wildman–Crippen MR) is 106 cm³/mol. The highest BCUT2D eigenvalue weighted by Crippen LogP contribution is 2.18. The third-order valence-electron chi connectivity index (χ3n) is 6.51. The molecule has 0 aromatic heterocycles. The van der Waals surface area contributed by atoms with Gasteiger partial charge in [-0.2, -0.15) is 0 Å². The number of carbonyl (C=O) groups excluding carboxylic acids is 1. The summed E-state index contributed by atoms with van der Waals surface area (Å²) in [4.78, 5) is 22.3. The van der Waals surface area contributed by atoms with E-state index < -0.39 is 0 Å². The molecule has 26 heavy (non-hydrogen) atoms. The number of hydrogen-bond acceptors (Lipinski definition) is 5. The van der Waals surface area contributed by atoms with Crippen LogP contribution in [0.25, 0.3) is 0 Å². The van der Waals surface area contributed by atoms with Crippen LogP contribution in [0.5, 0.6) is 0 Å². The maximum atomic E-state index is 12.5. The fourth-order valence-corrected chi connectivity index (χ4v) is 4.64. The van der Waals surface area contributed by atoms with Gasteiger partial charge < -0.3 is 20.0 Å². The molecule has 1 amide bonds. The molecule has 3 rings (SSSR count). The van der Waals surface area contributed by atoms with Crippen molar-refractivity contribution >= 4 is 5.91 Å². The van der Waals surface area contributed by atoms with Crippen LogP contribution in [0.2, 0.25) is 0 Å². The first-order chi connectivity index (χ1) is 12.8. The Kier molecular flexibility index (Phi) is 8.17. The molecular weight excluding hydrogens is 326 g/mol. The van der Waals surface area contributed by atoms with Gasteiger partial charge in [0.15, 0.2) is 0 Å². The van der Waals surface area contributed by atoms with Gasteiger partial charge in [-0.25, -0.2) is 0 Å². The van der Waals surface area contributed by atoms with Gasteiger partial charge in [-0.1, -0.05) is 6.92 Å². The van der Waals surface area contributed by atoms with E-state index >= 15 is 0 Å². The molecule has 6 heteroatoms. The minimum atomic E-state index is 0.380. The lowest BCUT2D eigenvalue weighted by molar-refractivity contribution is -0.133. The summed E-state index contributed by atoms with van der Waals surface area (Å²) < 4.78 is 0. The normalized spacial score (nSPS) is 24.9. The fraction of sp³-hybridized carbons (Fsp3) is 0.950. The molecule has 0 spiro atoms. The number of piperazine rings is 2.